The maximum atomic E-state index is 12.1. The smallest absolute Gasteiger partial charge is 0.230 e. The van der Waals surface area contributed by atoms with Crippen LogP contribution in [-0.4, -0.2) is 39.8 Å². The van der Waals surface area contributed by atoms with Crippen LogP contribution in [0.3, 0.4) is 0 Å². The molecular formula is C16H21ClN2O2S2. The Bertz CT molecular complexity index is 701. The molecule has 0 bridgehead atoms. The zero-order valence-electron chi connectivity index (χ0n) is 13.4. The van der Waals surface area contributed by atoms with E-state index in [1.165, 1.54) is 5.56 Å². The highest BCUT2D eigenvalue weighted by Crippen LogP contribution is 2.43. The molecule has 1 atom stereocenters. The molecule has 0 saturated carbocycles. The molecule has 0 radical (unpaired) electrons. The largest absolute Gasteiger partial charge is 0.478 e. The second-order valence-corrected chi connectivity index (χ2v) is 7.15. The molecule has 2 aromatic rings. The first-order chi connectivity index (χ1) is 10.7. The number of benzene rings is 1. The monoisotopic (exact) mass is 372 g/mol. The number of nitrogens with zero attached hydrogens (tertiary/aromatic N) is 2. The number of halogens is 1. The Balaban J connectivity index is 0.00000192. The quantitative estimate of drug-likeness (QED) is 0.741. The van der Waals surface area contributed by atoms with Crippen molar-refractivity contribution in [1.82, 2.24) is 8.28 Å². The summed E-state index contributed by atoms with van der Waals surface area (Å²) in [7, 11) is 0. The Hall–Kier alpha value is -0.820. The lowest BCUT2D eigenvalue weighted by atomic mass is 9.94. The molecule has 1 aliphatic heterocycles. The minimum absolute atomic E-state index is 0. The molecule has 0 saturated heterocycles. The van der Waals surface area contributed by atoms with E-state index in [4.69, 9.17) is 4.74 Å². The van der Waals surface area contributed by atoms with Gasteiger partial charge in [0.1, 0.15) is 0 Å². The van der Waals surface area contributed by atoms with Gasteiger partial charge in [-0.15, -0.1) is 12.4 Å². The number of carbonyl (C=O) groups excluding carboxylic acids is 1. The Morgan fingerprint density at radius 3 is 2.70 bits per heavy atom. The number of carbonyl (C=O) groups is 1. The number of hydrogen-bond donors (Lipinski definition) is 0. The summed E-state index contributed by atoms with van der Waals surface area (Å²) in [5, 5.41) is 1.14. The van der Waals surface area contributed by atoms with Crippen LogP contribution < -0.4 is 4.74 Å². The lowest BCUT2D eigenvalue weighted by molar-refractivity contribution is 0.0925. The third kappa shape index (κ3) is 3.36. The summed E-state index contributed by atoms with van der Waals surface area (Å²) in [5.74, 6) is 1.13. The normalized spacial score (nSPS) is 16.8. The standard InChI is InChI=1S/C16H20N2O2S2.ClH/c1-11(19)18-14-7-5-4-6-13(14)15-12(8-9-20-16(15)18)10-17(21-2)22-3;/h4-7,12H,8-10H2,1-3H3;1H. The molecule has 0 spiro atoms. The molecule has 1 unspecified atom stereocenters. The molecular weight excluding hydrogens is 352 g/mol. The van der Waals surface area contributed by atoms with Crippen LogP contribution in [-0.2, 0) is 0 Å². The number of aromatic nitrogens is 1. The van der Waals surface area contributed by atoms with Crippen LogP contribution in [0.25, 0.3) is 10.9 Å². The average Bonchev–Trinajstić information content (AvgIpc) is 2.87. The minimum atomic E-state index is 0. The molecule has 0 N–H and O–H groups in total. The fraction of sp³-hybridized carbons (Fsp3) is 0.438. The van der Waals surface area contributed by atoms with Gasteiger partial charge in [-0.05, 0) is 25.0 Å². The first-order valence-electron chi connectivity index (χ1n) is 7.30. The van der Waals surface area contributed by atoms with Crippen molar-refractivity contribution in [2.24, 2.45) is 0 Å². The van der Waals surface area contributed by atoms with Gasteiger partial charge in [0.25, 0.3) is 0 Å². The van der Waals surface area contributed by atoms with Crippen molar-refractivity contribution in [3.63, 3.8) is 0 Å². The van der Waals surface area contributed by atoms with E-state index in [1.54, 1.807) is 35.4 Å². The van der Waals surface area contributed by atoms with Crippen molar-refractivity contribution in [1.29, 1.82) is 0 Å². The van der Waals surface area contributed by atoms with Gasteiger partial charge in [-0.25, -0.2) is 0 Å². The molecule has 0 aliphatic carbocycles. The van der Waals surface area contributed by atoms with Crippen molar-refractivity contribution >= 4 is 53.1 Å². The number of para-hydroxylation sites is 1. The molecule has 126 valence electrons. The van der Waals surface area contributed by atoms with Crippen LogP contribution in [0.15, 0.2) is 24.3 Å². The molecule has 4 nitrogen and oxygen atoms in total. The van der Waals surface area contributed by atoms with Crippen LogP contribution in [0, 0.1) is 0 Å². The number of ether oxygens (including phenoxy) is 1. The van der Waals surface area contributed by atoms with Crippen molar-refractivity contribution in [3.8, 4) is 5.88 Å². The highest BCUT2D eigenvalue weighted by molar-refractivity contribution is 8.11. The highest BCUT2D eigenvalue weighted by atomic mass is 35.5. The van der Waals surface area contributed by atoms with E-state index in [0.29, 0.717) is 12.5 Å². The summed E-state index contributed by atoms with van der Waals surface area (Å²) < 4.78 is 9.89. The SMILES string of the molecule is CSN(CC1CCOc2c1c1ccccc1n2C(C)=O)SC.Cl. The molecule has 1 aromatic heterocycles. The second kappa shape index (κ2) is 7.83. The average molecular weight is 373 g/mol. The first kappa shape index (κ1) is 18.5. The van der Waals surface area contributed by atoms with Gasteiger partial charge in [0.2, 0.25) is 11.8 Å². The van der Waals surface area contributed by atoms with Crippen LogP contribution in [0.2, 0.25) is 0 Å². The fourth-order valence-corrected chi connectivity index (χ4v) is 4.37. The molecule has 1 aliphatic rings. The summed E-state index contributed by atoms with van der Waals surface area (Å²) in [6.45, 7) is 3.21. The third-order valence-corrected chi connectivity index (χ3v) is 6.08. The predicted molar refractivity (Wildman–Crippen MR) is 102 cm³/mol. The second-order valence-electron chi connectivity index (χ2n) is 5.30. The molecule has 23 heavy (non-hydrogen) atoms. The van der Waals surface area contributed by atoms with Crippen LogP contribution in [0.1, 0.15) is 29.6 Å². The number of hydrogen-bond acceptors (Lipinski definition) is 5. The van der Waals surface area contributed by atoms with Crippen LogP contribution in [0.4, 0.5) is 0 Å². The van der Waals surface area contributed by atoms with Gasteiger partial charge < -0.3 is 4.74 Å². The predicted octanol–water partition coefficient (Wildman–Crippen LogP) is 4.45. The van der Waals surface area contributed by atoms with Gasteiger partial charge >= 0.3 is 0 Å². The lowest BCUT2D eigenvalue weighted by Gasteiger charge is -2.28. The highest BCUT2D eigenvalue weighted by Gasteiger charge is 2.31. The minimum Gasteiger partial charge on any atom is -0.478 e. The maximum Gasteiger partial charge on any atom is 0.230 e. The van der Waals surface area contributed by atoms with E-state index in [0.717, 1.165) is 29.7 Å². The van der Waals surface area contributed by atoms with Crippen molar-refractivity contribution in [3.05, 3.63) is 29.8 Å². The van der Waals surface area contributed by atoms with Gasteiger partial charge in [0.15, 0.2) is 0 Å². The molecule has 1 aromatic carbocycles. The molecule has 3 rings (SSSR count). The van der Waals surface area contributed by atoms with Crippen molar-refractivity contribution in [2.45, 2.75) is 19.3 Å². The molecule has 7 heteroatoms. The van der Waals surface area contributed by atoms with Crippen molar-refractivity contribution in [2.75, 3.05) is 25.7 Å². The summed E-state index contributed by atoms with van der Waals surface area (Å²) in [5.41, 5.74) is 2.14. The maximum absolute atomic E-state index is 12.1. The Morgan fingerprint density at radius 2 is 2.04 bits per heavy atom. The molecule has 0 fully saturated rings. The van der Waals surface area contributed by atoms with Crippen LogP contribution >= 0.6 is 36.3 Å². The van der Waals surface area contributed by atoms with Gasteiger partial charge in [-0.2, -0.15) is 3.71 Å². The van der Waals surface area contributed by atoms with Gasteiger partial charge in [0, 0.05) is 30.3 Å². The first-order valence-corrected chi connectivity index (χ1v) is 9.66. The van der Waals surface area contributed by atoms with E-state index >= 15 is 0 Å². The Kier molecular flexibility index (Phi) is 6.31. The summed E-state index contributed by atoms with van der Waals surface area (Å²) in [4.78, 5) is 12.1. The molecule has 0 amide bonds. The fourth-order valence-electron chi connectivity index (χ4n) is 3.12. The summed E-state index contributed by atoms with van der Waals surface area (Å²) in [6, 6.07) is 8.09. The van der Waals surface area contributed by atoms with E-state index in [2.05, 4.69) is 22.3 Å². The molecule has 2 heterocycles. The van der Waals surface area contributed by atoms with E-state index < -0.39 is 0 Å². The number of fused-ring (bicyclic) bond motifs is 3. The topological polar surface area (TPSA) is 34.5 Å². The zero-order chi connectivity index (χ0) is 15.7. The van der Waals surface area contributed by atoms with Gasteiger partial charge in [0.05, 0.1) is 12.1 Å². The zero-order valence-corrected chi connectivity index (χ0v) is 15.9. The summed E-state index contributed by atoms with van der Waals surface area (Å²) in [6.07, 6.45) is 5.17. The lowest BCUT2D eigenvalue weighted by Crippen LogP contribution is -2.23. The van der Waals surface area contributed by atoms with E-state index in [-0.39, 0.29) is 18.3 Å². The van der Waals surface area contributed by atoms with Crippen LogP contribution in [0.5, 0.6) is 5.88 Å². The van der Waals surface area contributed by atoms with E-state index in [1.807, 2.05) is 18.2 Å². The van der Waals surface area contributed by atoms with Crippen molar-refractivity contribution < 1.29 is 9.53 Å². The third-order valence-electron chi connectivity index (χ3n) is 4.07. The van der Waals surface area contributed by atoms with E-state index in [9.17, 15) is 4.79 Å². The Morgan fingerprint density at radius 1 is 1.35 bits per heavy atom. The summed E-state index contributed by atoms with van der Waals surface area (Å²) >= 11 is 3.48. The Labute approximate surface area is 151 Å². The van der Waals surface area contributed by atoms with Gasteiger partial charge in [-0.1, -0.05) is 42.1 Å². The van der Waals surface area contributed by atoms with Gasteiger partial charge in [-0.3, -0.25) is 9.36 Å². The number of rotatable bonds is 4.